The summed E-state index contributed by atoms with van der Waals surface area (Å²) in [4.78, 5) is 0. The predicted octanol–water partition coefficient (Wildman–Crippen LogP) is 4.81. The summed E-state index contributed by atoms with van der Waals surface area (Å²) in [6.07, 6.45) is 1.07. The average Bonchev–Trinajstić information content (AvgIpc) is 2.53. The van der Waals surface area contributed by atoms with Crippen molar-refractivity contribution in [3.63, 3.8) is 0 Å². The van der Waals surface area contributed by atoms with Crippen LogP contribution in [0.2, 0.25) is 0 Å². The quantitative estimate of drug-likeness (QED) is 0.821. The van der Waals surface area contributed by atoms with Gasteiger partial charge >= 0.3 is 0 Å². The van der Waals surface area contributed by atoms with Gasteiger partial charge in [-0.1, -0.05) is 48.9 Å². The van der Waals surface area contributed by atoms with Crippen molar-refractivity contribution in [1.82, 2.24) is 5.32 Å². The molecule has 1 N–H and O–H groups in total. The zero-order valence-corrected chi connectivity index (χ0v) is 13.4. The van der Waals surface area contributed by atoms with Crippen molar-refractivity contribution in [1.29, 1.82) is 0 Å². The van der Waals surface area contributed by atoms with E-state index < -0.39 is 0 Å². The lowest BCUT2D eigenvalue weighted by Gasteiger charge is -2.23. The number of hydrogen-bond donors (Lipinski definition) is 1. The molecule has 2 rings (SSSR count). The number of aryl methyl sites for hydroxylation is 1. The summed E-state index contributed by atoms with van der Waals surface area (Å²) in [5.74, 6) is 0.900. The average molecular weight is 283 g/mol. The van der Waals surface area contributed by atoms with Crippen LogP contribution in [0.3, 0.4) is 0 Å². The number of ether oxygens (including phenoxy) is 1. The van der Waals surface area contributed by atoms with Gasteiger partial charge in [0.25, 0.3) is 0 Å². The lowest BCUT2D eigenvalue weighted by Crippen LogP contribution is -2.24. The Hall–Kier alpha value is -1.80. The fourth-order valence-corrected chi connectivity index (χ4v) is 2.54. The Labute approximate surface area is 128 Å². The second-order valence-electron chi connectivity index (χ2n) is 5.53. The molecule has 0 amide bonds. The molecule has 0 spiro atoms. The monoisotopic (exact) mass is 283 g/mol. The van der Waals surface area contributed by atoms with Crippen molar-refractivity contribution < 1.29 is 4.74 Å². The minimum Gasteiger partial charge on any atom is -0.497 e. The zero-order valence-electron chi connectivity index (χ0n) is 13.4. The summed E-state index contributed by atoms with van der Waals surface area (Å²) >= 11 is 0. The van der Waals surface area contributed by atoms with Crippen LogP contribution in [0.5, 0.6) is 5.75 Å². The van der Waals surface area contributed by atoms with Gasteiger partial charge in [0, 0.05) is 12.1 Å². The van der Waals surface area contributed by atoms with Crippen LogP contribution < -0.4 is 10.1 Å². The van der Waals surface area contributed by atoms with Gasteiger partial charge in [-0.15, -0.1) is 0 Å². The Morgan fingerprint density at radius 2 is 1.52 bits per heavy atom. The van der Waals surface area contributed by atoms with Crippen molar-refractivity contribution in [2.24, 2.45) is 0 Å². The molecule has 0 aromatic heterocycles. The first-order valence-electron chi connectivity index (χ1n) is 7.60. The second kappa shape index (κ2) is 7.28. The molecule has 0 saturated carbocycles. The van der Waals surface area contributed by atoms with Gasteiger partial charge in [0.2, 0.25) is 0 Å². The molecule has 2 heteroatoms. The van der Waals surface area contributed by atoms with Crippen molar-refractivity contribution in [3.05, 3.63) is 65.2 Å². The molecule has 0 aliphatic rings. The molecular formula is C19H25NO. The molecule has 112 valence electrons. The highest BCUT2D eigenvalue weighted by Crippen LogP contribution is 2.23. The summed E-state index contributed by atoms with van der Waals surface area (Å²) in [5, 5.41) is 3.72. The Bertz CT molecular complexity index is 545. The number of hydrogen-bond acceptors (Lipinski definition) is 2. The first kappa shape index (κ1) is 15.6. The lowest BCUT2D eigenvalue weighted by molar-refractivity contribution is 0.413. The molecule has 21 heavy (non-hydrogen) atoms. The summed E-state index contributed by atoms with van der Waals surface area (Å²) in [5.41, 5.74) is 3.93. The van der Waals surface area contributed by atoms with Crippen molar-refractivity contribution in [2.75, 3.05) is 7.11 Å². The van der Waals surface area contributed by atoms with Crippen molar-refractivity contribution in [3.8, 4) is 5.75 Å². The van der Waals surface area contributed by atoms with Crippen LogP contribution in [0.25, 0.3) is 0 Å². The van der Waals surface area contributed by atoms with E-state index in [1.807, 2.05) is 12.1 Å². The van der Waals surface area contributed by atoms with Crippen LogP contribution >= 0.6 is 0 Å². The fraction of sp³-hybridized carbons (Fsp3) is 0.368. The minimum absolute atomic E-state index is 0.308. The molecule has 0 fully saturated rings. The van der Waals surface area contributed by atoms with Gasteiger partial charge in [-0.05, 0) is 43.5 Å². The molecular weight excluding hydrogens is 258 g/mol. The summed E-state index contributed by atoms with van der Waals surface area (Å²) < 4.78 is 5.21. The largest absolute Gasteiger partial charge is 0.497 e. The summed E-state index contributed by atoms with van der Waals surface area (Å²) in [7, 11) is 1.70. The first-order chi connectivity index (χ1) is 10.1. The minimum atomic E-state index is 0.308. The second-order valence-corrected chi connectivity index (χ2v) is 5.53. The van der Waals surface area contributed by atoms with E-state index in [2.05, 4.69) is 62.5 Å². The topological polar surface area (TPSA) is 21.3 Å². The molecule has 0 heterocycles. The maximum atomic E-state index is 5.21. The van der Waals surface area contributed by atoms with Crippen LogP contribution in [0.4, 0.5) is 0 Å². The molecule has 1 unspecified atom stereocenters. The number of benzene rings is 2. The molecule has 0 bridgehead atoms. The fourth-order valence-electron chi connectivity index (χ4n) is 2.54. The molecule has 2 nitrogen and oxygen atoms in total. The lowest BCUT2D eigenvalue weighted by atomic mass is 10.0. The van der Waals surface area contributed by atoms with Crippen molar-refractivity contribution in [2.45, 2.75) is 39.3 Å². The number of methoxy groups -OCH3 is 1. The summed E-state index contributed by atoms with van der Waals surface area (Å²) in [6, 6.07) is 17.8. The maximum Gasteiger partial charge on any atom is 0.118 e. The zero-order chi connectivity index (χ0) is 15.2. The molecule has 0 radical (unpaired) electrons. The van der Waals surface area contributed by atoms with E-state index in [1.54, 1.807) is 7.11 Å². The smallest absolute Gasteiger partial charge is 0.118 e. The van der Waals surface area contributed by atoms with Crippen molar-refractivity contribution >= 4 is 0 Å². The molecule has 2 atom stereocenters. The first-order valence-corrected chi connectivity index (χ1v) is 7.60. The predicted molar refractivity (Wildman–Crippen MR) is 88.8 cm³/mol. The number of nitrogens with one attached hydrogen (secondary N) is 1. The van der Waals surface area contributed by atoms with Gasteiger partial charge in [-0.2, -0.15) is 0 Å². The van der Waals surface area contributed by atoms with E-state index in [1.165, 1.54) is 16.7 Å². The van der Waals surface area contributed by atoms with Crippen LogP contribution in [0, 0.1) is 6.92 Å². The number of rotatable bonds is 6. The molecule has 2 aromatic carbocycles. The Morgan fingerprint density at radius 3 is 2.05 bits per heavy atom. The van der Waals surface area contributed by atoms with E-state index in [-0.39, 0.29) is 0 Å². The van der Waals surface area contributed by atoms with Gasteiger partial charge in [-0.25, -0.2) is 0 Å². The van der Waals surface area contributed by atoms with Crippen LogP contribution in [-0.4, -0.2) is 7.11 Å². The van der Waals surface area contributed by atoms with E-state index in [0.29, 0.717) is 12.1 Å². The normalized spacial score (nSPS) is 13.7. The van der Waals surface area contributed by atoms with Crippen LogP contribution in [-0.2, 0) is 0 Å². The maximum absolute atomic E-state index is 5.21. The van der Waals surface area contributed by atoms with E-state index in [9.17, 15) is 0 Å². The molecule has 0 aliphatic carbocycles. The molecule has 0 saturated heterocycles. The Morgan fingerprint density at radius 1 is 0.952 bits per heavy atom. The van der Waals surface area contributed by atoms with Crippen LogP contribution in [0.15, 0.2) is 48.5 Å². The molecule has 2 aromatic rings. The van der Waals surface area contributed by atoms with E-state index in [4.69, 9.17) is 4.74 Å². The highest BCUT2D eigenvalue weighted by atomic mass is 16.5. The third kappa shape index (κ3) is 4.08. The summed E-state index contributed by atoms with van der Waals surface area (Å²) in [6.45, 7) is 6.55. The highest BCUT2D eigenvalue weighted by molar-refractivity contribution is 5.29. The highest BCUT2D eigenvalue weighted by Gasteiger charge is 2.13. The molecule has 0 aliphatic heterocycles. The Balaban J connectivity index is 2.08. The van der Waals surface area contributed by atoms with Crippen LogP contribution in [0.1, 0.15) is 49.0 Å². The van der Waals surface area contributed by atoms with Gasteiger partial charge in [0.05, 0.1) is 7.11 Å². The third-order valence-corrected chi connectivity index (χ3v) is 3.95. The van der Waals surface area contributed by atoms with Gasteiger partial charge in [0.1, 0.15) is 5.75 Å². The van der Waals surface area contributed by atoms with E-state index >= 15 is 0 Å². The standard InChI is InChI=1S/C19H25NO/c1-5-19(17-8-6-14(2)7-9-17)20-15(3)16-10-12-18(21-4)13-11-16/h6-13,15,19-20H,5H2,1-4H3/t15-,19?/m1/s1. The third-order valence-electron chi connectivity index (χ3n) is 3.95. The van der Waals surface area contributed by atoms with Gasteiger partial charge in [-0.3, -0.25) is 0 Å². The van der Waals surface area contributed by atoms with Gasteiger partial charge < -0.3 is 10.1 Å². The van der Waals surface area contributed by atoms with Gasteiger partial charge in [0.15, 0.2) is 0 Å². The Kier molecular flexibility index (Phi) is 5.40. The SMILES string of the molecule is CCC(N[C@H](C)c1ccc(OC)cc1)c1ccc(C)cc1. The van der Waals surface area contributed by atoms with E-state index in [0.717, 1.165) is 12.2 Å².